The molecule has 3 heterocycles. The molecular formula is C18H11Cl2F3N4. The summed E-state index contributed by atoms with van der Waals surface area (Å²) in [5.74, 6) is 0. The standard InChI is InChI=1S/C18H11Cl2F3N4/c19-11-2-5-13(6-3-11)26-9-1-8-24-17(26)15-16(18(21,22)23)25-14-7-4-12(20)10-27(14)15/h1-10,17H. The predicted molar refractivity (Wildman–Crippen MR) is 99.5 cm³/mol. The minimum Gasteiger partial charge on any atom is -0.320 e. The summed E-state index contributed by atoms with van der Waals surface area (Å²) < 4.78 is 42.5. The SMILES string of the molecule is FC(F)(F)c1nc2ccc(Cl)cn2c1C1N=CC=CN1c1ccc(Cl)cc1. The first-order chi connectivity index (χ1) is 12.8. The van der Waals surface area contributed by atoms with Crippen LogP contribution in [-0.2, 0) is 6.18 Å². The minimum absolute atomic E-state index is 0.115. The van der Waals surface area contributed by atoms with Crippen LogP contribution in [0.5, 0.6) is 0 Å². The molecule has 0 saturated heterocycles. The second-order valence-corrected chi connectivity index (χ2v) is 6.69. The molecule has 27 heavy (non-hydrogen) atoms. The maximum absolute atomic E-state index is 13.7. The molecule has 9 heteroatoms. The van der Waals surface area contributed by atoms with Gasteiger partial charge in [0.2, 0.25) is 0 Å². The summed E-state index contributed by atoms with van der Waals surface area (Å²) in [6.45, 7) is 0. The van der Waals surface area contributed by atoms with Crippen LogP contribution in [0, 0.1) is 0 Å². The lowest BCUT2D eigenvalue weighted by molar-refractivity contribution is -0.141. The fourth-order valence-corrected chi connectivity index (χ4v) is 3.24. The second kappa shape index (κ2) is 6.58. The highest BCUT2D eigenvalue weighted by Gasteiger charge is 2.41. The fourth-order valence-electron chi connectivity index (χ4n) is 2.95. The van der Waals surface area contributed by atoms with Crippen molar-refractivity contribution < 1.29 is 13.2 Å². The normalized spacial score (nSPS) is 17.1. The Labute approximate surface area is 162 Å². The van der Waals surface area contributed by atoms with Gasteiger partial charge in [-0.05, 0) is 42.5 Å². The molecular weight excluding hydrogens is 400 g/mol. The van der Waals surface area contributed by atoms with Gasteiger partial charge in [0.1, 0.15) is 11.3 Å². The van der Waals surface area contributed by atoms with E-state index in [4.69, 9.17) is 23.2 Å². The van der Waals surface area contributed by atoms with E-state index >= 15 is 0 Å². The molecule has 0 amide bonds. The Morgan fingerprint density at radius 3 is 2.37 bits per heavy atom. The lowest BCUT2D eigenvalue weighted by atomic mass is 10.2. The van der Waals surface area contributed by atoms with Gasteiger partial charge in [0.25, 0.3) is 0 Å². The number of halogens is 5. The number of alkyl halides is 3. The molecule has 0 bridgehead atoms. The molecule has 2 aromatic heterocycles. The van der Waals surface area contributed by atoms with Crippen LogP contribution in [0.3, 0.4) is 0 Å². The molecule has 1 aliphatic rings. The van der Waals surface area contributed by atoms with Crippen molar-refractivity contribution in [2.45, 2.75) is 12.3 Å². The van der Waals surface area contributed by atoms with E-state index in [0.717, 1.165) is 0 Å². The van der Waals surface area contributed by atoms with Crippen molar-refractivity contribution in [3.63, 3.8) is 0 Å². The molecule has 3 aromatic rings. The van der Waals surface area contributed by atoms with E-state index in [-0.39, 0.29) is 11.3 Å². The number of pyridine rings is 1. The first-order valence-corrected chi connectivity index (χ1v) is 8.59. The molecule has 138 valence electrons. The van der Waals surface area contributed by atoms with Crippen molar-refractivity contribution in [1.29, 1.82) is 0 Å². The quantitative estimate of drug-likeness (QED) is 0.537. The molecule has 1 unspecified atom stereocenters. The van der Waals surface area contributed by atoms with E-state index in [1.807, 2.05) is 0 Å². The highest BCUT2D eigenvalue weighted by molar-refractivity contribution is 6.30. The highest BCUT2D eigenvalue weighted by atomic mass is 35.5. The van der Waals surface area contributed by atoms with Gasteiger partial charge in [0, 0.05) is 29.3 Å². The summed E-state index contributed by atoms with van der Waals surface area (Å²) in [5, 5.41) is 0.820. The monoisotopic (exact) mass is 410 g/mol. The topological polar surface area (TPSA) is 32.9 Å². The van der Waals surface area contributed by atoms with Crippen LogP contribution >= 0.6 is 23.2 Å². The lowest BCUT2D eigenvalue weighted by Crippen LogP contribution is -2.27. The fraction of sp³-hybridized carbons (Fsp3) is 0.111. The Morgan fingerprint density at radius 2 is 1.67 bits per heavy atom. The van der Waals surface area contributed by atoms with Gasteiger partial charge >= 0.3 is 6.18 Å². The summed E-state index contributed by atoms with van der Waals surface area (Å²) in [4.78, 5) is 9.68. The Bertz CT molecular complexity index is 1050. The number of aliphatic imine (C=N–C) groups is 1. The van der Waals surface area contributed by atoms with Gasteiger partial charge in [0.05, 0.1) is 5.02 Å². The maximum Gasteiger partial charge on any atom is 0.435 e. The van der Waals surface area contributed by atoms with Crippen LogP contribution in [0.25, 0.3) is 5.65 Å². The Morgan fingerprint density at radius 1 is 0.963 bits per heavy atom. The first kappa shape index (κ1) is 17.9. The molecule has 0 N–H and O–H groups in total. The smallest absolute Gasteiger partial charge is 0.320 e. The maximum atomic E-state index is 13.7. The van der Waals surface area contributed by atoms with Gasteiger partial charge in [-0.2, -0.15) is 13.2 Å². The largest absolute Gasteiger partial charge is 0.435 e. The average molecular weight is 411 g/mol. The second-order valence-electron chi connectivity index (χ2n) is 5.82. The molecule has 0 radical (unpaired) electrons. The number of anilines is 1. The van der Waals surface area contributed by atoms with Gasteiger partial charge < -0.3 is 4.90 Å². The van der Waals surface area contributed by atoms with Crippen molar-refractivity contribution in [2.24, 2.45) is 4.99 Å². The Hall–Kier alpha value is -2.51. The first-order valence-electron chi connectivity index (χ1n) is 7.83. The van der Waals surface area contributed by atoms with Crippen LogP contribution in [0.4, 0.5) is 18.9 Å². The minimum atomic E-state index is -4.64. The molecule has 0 aliphatic carbocycles. The summed E-state index contributed by atoms with van der Waals surface area (Å²) in [5.41, 5.74) is -0.332. The highest BCUT2D eigenvalue weighted by Crippen LogP contribution is 2.39. The van der Waals surface area contributed by atoms with Crippen LogP contribution in [0.15, 0.2) is 59.9 Å². The molecule has 1 atom stereocenters. The Kier molecular flexibility index (Phi) is 4.36. The third kappa shape index (κ3) is 3.28. The summed E-state index contributed by atoms with van der Waals surface area (Å²) >= 11 is 11.9. The number of hydrogen-bond donors (Lipinski definition) is 0. The summed E-state index contributed by atoms with van der Waals surface area (Å²) in [7, 11) is 0. The number of fused-ring (bicyclic) bond motifs is 1. The van der Waals surface area contributed by atoms with Gasteiger partial charge in [-0.1, -0.05) is 23.2 Å². The Balaban J connectivity index is 1.93. The van der Waals surface area contributed by atoms with Gasteiger partial charge in [0.15, 0.2) is 11.9 Å². The number of hydrogen-bond acceptors (Lipinski definition) is 3. The molecule has 1 aliphatic heterocycles. The van der Waals surface area contributed by atoms with Crippen molar-refractivity contribution >= 4 is 40.8 Å². The molecule has 1 aromatic carbocycles. The van der Waals surface area contributed by atoms with Crippen LogP contribution < -0.4 is 4.90 Å². The molecule has 0 fully saturated rings. The number of imidazole rings is 1. The van der Waals surface area contributed by atoms with Crippen LogP contribution in [-0.4, -0.2) is 15.6 Å². The number of allylic oxidation sites excluding steroid dienone is 1. The van der Waals surface area contributed by atoms with Gasteiger partial charge in [-0.25, -0.2) is 4.98 Å². The van der Waals surface area contributed by atoms with Crippen LogP contribution in [0.2, 0.25) is 10.0 Å². The number of aromatic nitrogens is 2. The third-order valence-electron chi connectivity index (χ3n) is 4.08. The molecule has 4 nitrogen and oxygen atoms in total. The van der Waals surface area contributed by atoms with Crippen molar-refractivity contribution in [1.82, 2.24) is 9.38 Å². The predicted octanol–water partition coefficient (Wildman–Crippen LogP) is 5.76. The number of nitrogens with zero attached hydrogens (tertiary/aromatic N) is 4. The van der Waals surface area contributed by atoms with E-state index in [0.29, 0.717) is 15.7 Å². The van der Waals surface area contributed by atoms with Crippen molar-refractivity contribution in [2.75, 3.05) is 4.90 Å². The zero-order valence-electron chi connectivity index (χ0n) is 13.5. The molecule has 0 spiro atoms. The van der Waals surface area contributed by atoms with E-state index in [2.05, 4.69) is 9.98 Å². The average Bonchev–Trinajstić information content (AvgIpc) is 3.01. The van der Waals surface area contributed by atoms with E-state index in [1.54, 1.807) is 41.4 Å². The number of rotatable bonds is 2. The van der Waals surface area contributed by atoms with E-state index < -0.39 is 18.0 Å². The zero-order chi connectivity index (χ0) is 19.2. The summed E-state index contributed by atoms with van der Waals surface area (Å²) in [6, 6.07) is 9.69. The van der Waals surface area contributed by atoms with E-state index in [9.17, 15) is 13.2 Å². The lowest BCUT2D eigenvalue weighted by Gasteiger charge is -2.30. The third-order valence-corrected chi connectivity index (χ3v) is 4.56. The van der Waals surface area contributed by atoms with Crippen molar-refractivity contribution in [3.05, 3.63) is 76.3 Å². The van der Waals surface area contributed by atoms with Crippen molar-refractivity contribution in [3.8, 4) is 0 Å². The zero-order valence-corrected chi connectivity index (χ0v) is 15.0. The molecule has 0 saturated carbocycles. The molecule has 4 rings (SSSR count). The van der Waals surface area contributed by atoms with E-state index in [1.165, 1.54) is 28.9 Å². The van der Waals surface area contributed by atoms with Gasteiger partial charge in [-0.15, -0.1) is 0 Å². The van der Waals surface area contributed by atoms with Gasteiger partial charge in [-0.3, -0.25) is 9.39 Å². The number of benzene rings is 1. The summed E-state index contributed by atoms with van der Waals surface area (Å²) in [6.07, 6.45) is 0.556. The van der Waals surface area contributed by atoms with Crippen LogP contribution in [0.1, 0.15) is 17.6 Å².